The number of fused-ring (bicyclic) bond motifs is 1. The van der Waals surface area contributed by atoms with Gasteiger partial charge in [0.1, 0.15) is 17.0 Å². The van der Waals surface area contributed by atoms with Gasteiger partial charge in [-0.25, -0.2) is 0 Å². The number of nitrogens with one attached hydrogen (secondary N) is 1. The number of rotatable bonds is 9. The van der Waals surface area contributed by atoms with Crippen LogP contribution in [-0.2, 0) is 11.3 Å². The molecule has 8 nitrogen and oxygen atoms in total. The Labute approximate surface area is 208 Å². The predicted octanol–water partition coefficient (Wildman–Crippen LogP) is 3.56. The standard InChI is InChI=1S/C27H39N5O3/c1-5-30(6-2)16-17-31-25(33)24-18-23(20-12-14-22(35-4)15-13-20)29-32(24)19-27(31,3)26(34)28-21-10-8-7-9-11-21/h12-15,18,21H,5-11,16-17,19H2,1-4H3,(H,28,34)/t27-/m0/s1. The first kappa shape index (κ1) is 25.2. The third-order valence-electron chi connectivity index (χ3n) is 7.65. The van der Waals surface area contributed by atoms with E-state index in [1.807, 2.05) is 37.3 Å². The van der Waals surface area contributed by atoms with Crippen LogP contribution in [0.1, 0.15) is 63.4 Å². The van der Waals surface area contributed by atoms with Gasteiger partial charge in [-0.1, -0.05) is 33.1 Å². The SMILES string of the molecule is CCN(CC)CCN1C(=O)c2cc(-c3ccc(OC)cc3)nn2C[C@@]1(C)C(=O)NC1CCCCC1. The molecule has 8 heteroatoms. The average molecular weight is 482 g/mol. The molecule has 1 aromatic carbocycles. The zero-order chi connectivity index (χ0) is 25.0. The van der Waals surface area contributed by atoms with E-state index in [2.05, 4.69) is 24.1 Å². The molecular formula is C27H39N5O3. The smallest absolute Gasteiger partial charge is 0.273 e. The lowest BCUT2D eigenvalue weighted by Gasteiger charge is -2.44. The van der Waals surface area contributed by atoms with Crippen LogP contribution in [0, 0.1) is 0 Å². The van der Waals surface area contributed by atoms with Gasteiger partial charge in [-0.3, -0.25) is 14.3 Å². The van der Waals surface area contributed by atoms with Crippen LogP contribution in [0.4, 0.5) is 0 Å². The Hall–Kier alpha value is -2.87. The molecule has 1 aliphatic heterocycles. The minimum atomic E-state index is -1.00. The third-order valence-corrected chi connectivity index (χ3v) is 7.65. The van der Waals surface area contributed by atoms with E-state index in [1.54, 1.807) is 16.7 Å². The van der Waals surface area contributed by atoms with E-state index in [1.165, 1.54) is 6.42 Å². The van der Waals surface area contributed by atoms with Gasteiger partial charge in [-0.05, 0) is 63.2 Å². The van der Waals surface area contributed by atoms with Crippen molar-refractivity contribution in [3.05, 3.63) is 36.0 Å². The van der Waals surface area contributed by atoms with E-state index in [9.17, 15) is 9.59 Å². The van der Waals surface area contributed by atoms with Crippen molar-refractivity contribution >= 4 is 11.8 Å². The summed E-state index contributed by atoms with van der Waals surface area (Å²) >= 11 is 0. The van der Waals surface area contributed by atoms with Gasteiger partial charge in [-0.15, -0.1) is 0 Å². The summed E-state index contributed by atoms with van der Waals surface area (Å²) in [7, 11) is 1.63. The second-order valence-electron chi connectivity index (χ2n) is 9.87. The topological polar surface area (TPSA) is 79.7 Å². The molecule has 1 fully saturated rings. The maximum Gasteiger partial charge on any atom is 0.273 e. The fourth-order valence-corrected chi connectivity index (χ4v) is 5.26. The van der Waals surface area contributed by atoms with Crippen LogP contribution in [0.15, 0.2) is 30.3 Å². The van der Waals surface area contributed by atoms with Gasteiger partial charge in [0.25, 0.3) is 5.91 Å². The van der Waals surface area contributed by atoms with Gasteiger partial charge in [0, 0.05) is 24.7 Å². The van der Waals surface area contributed by atoms with Crippen LogP contribution < -0.4 is 10.1 Å². The lowest BCUT2D eigenvalue weighted by Crippen LogP contribution is -2.66. The summed E-state index contributed by atoms with van der Waals surface area (Å²) in [6.45, 7) is 9.50. The first-order chi connectivity index (χ1) is 16.9. The Morgan fingerprint density at radius 2 is 1.86 bits per heavy atom. The van der Waals surface area contributed by atoms with Gasteiger partial charge < -0.3 is 19.9 Å². The number of hydrogen-bond acceptors (Lipinski definition) is 5. The first-order valence-corrected chi connectivity index (χ1v) is 13.0. The average Bonchev–Trinajstić information content (AvgIpc) is 3.30. The predicted molar refractivity (Wildman–Crippen MR) is 136 cm³/mol. The number of nitrogens with zero attached hydrogens (tertiary/aromatic N) is 4. The van der Waals surface area contributed by atoms with Crippen LogP contribution in [0.5, 0.6) is 5.75 Å². The van der Waals surface area contributed by atoms with Crippen molar-refractivity contribution in [1.29, 1.82) is 0 Å². The highest BCUT2D eigenvalue weighted by Crippen LogP contribution is 2.31. The monoisotopic (exact) mass is 481 g/mol. The number of carbonyl (C=O) groups is 2. The lowest BCUT2D eigenvalue weighted by atomic mass is 9.91. The zero-order valence-corrected chi connectivity index (χ0v) is 21.5. The van der Waals surface area contributed by atoms with Crippen molar-refractivity contribution < 1.29 is 14.3 Å². The molecule has 1 N–H and O–H groups in total. The molecule has 2 aromatic rings. The molecule has 1 saturated carbocycles. The summed E-state index contributed by atoms with van der Waals surface area (Å²) in [5.41, 5.74) is 1.15. The van der Waals surface area contributed by atoms with Crippen molar-refractivity contribution in [1.82, 2.24) is 24.9 Å². The molecule has 0 unspecified atom stereocenters. The number of carbonyl (C=O) groups excluding carboxylic acids is 2. The second-order valence-corrected chi connectivity index (χ2v) is 9.87. The van der Waals surface area contributed by atoms with Crippen LogP contribution in [-0.4, -0.2) is 76.3 Å². The highest BCUT2D eigenvalue weighted by Gasteiger charge is 2.48. The number of hydrogen-bond donors (Lipinski definition) is 1. The summed E-state index contributed by atoms with van der Waals surface area (Å²) < 4.78 is 6.98. The lowest BCUT2D eigenvalue weighted by molar-refractivity contribution is -0.134. The molecule has 2 aliphatic rings. The molecule has 2 heterocycles. The van der Waals surface area contributed by atoms with Gasteiger partial charge in [0.2, 0.25) is 5.91 Å². The number of amides is 2. The van der Waals surface area contributed by atoms with Crippen LogP contribution >= 0.6 is 0 Å². The molecule has 0 bridgehead atoms. The van der Waals surface area contributed by atoms with Crippen molar-refractivity contribution in [2.24, 2.45) is 0 Å². The maximum absolute atomic E-state index is 13.8. The maximum atomic E-state index is 13.8. The first-order valence-electron chi connectivity index (χ1n) is 13.0. The van der Waals surface area contributed by atoms with E-state index < -0.39 is 5.54 Å². The Morgan fingerprint density at radius 3 is 2.49 bits per heavy atom. The fraction of sp³-hybridized carbons (Fsp3) is 0.593. The van der Waals surface area contributed by atoms with Crippen LogP contribution in [0.25, 0.3) is 11.3 Å². The molecule has 1 aliphatic carbocycles. The molecular weight excluding hydrogens is 442 g/mol. The van der Waals surface area contributed by atoms with Crippen LogP contribution in [0.3, 0.4) is 0 Å². The second kappa shape index (κ2) is 10.8. The molecule has 1 aromatic heterocycles. The summed E-state index contributed by atoms with van der Waals surface area (Å²) in [6.07, 6.45) is 5.51. The van der Waals surface area contributed by atoms with Crippen molar-refractivity contribution in [3.63, 3.8) is 0 Å². The molecule has 0 saturated heterocycles. The molecule has 0 spiro atoms. The molecule has 0 radical (unpaired) electrons. The Bertz CT molecular complexity index is 1020. The van der Waals surface area contributed by atoms with Crippen LogP contribution in [0.2, 0.25) is 0 Å². The van der Waals surface area contributed by atoms with Crippen molar-refractivity contribution in [2.75, 3.05) is 33.3 Å². The van der Waals surface area contributed by atoms with Crippen molar-refractivity contribution in [3.8, 4) is 17.0 Å². The number of benzene rings is 1. The van der Waals surface area contributed by atoms with E-state index >= 15 is 0 Å². The van der Waals surface area contributed by atoms with Gasteiger partial charge in [0.15, 0.2) is 0 Å². The molecule has 4 rings (SSSR count). The normalized spacial score (nSPS) is 20.7. The molecule has 2 amide bonds. The fourth-order valence-electron chi connectivity index (χ4n) is 5.26. The number of likely N-dealkylation sites (N-methyl/N-ethyl adjacent to an activating group) is 1. The molecule has 35 heavy (non-hydrogen) atoms. The highest BCUT2D eigenvalue weighted by molar-refractivity contribution is 6.00. The third kappa shape index (κ3) is 5.22. The largest absolute Gasteiger partial charge is 0.497 e. The minimum Gasteiger partial charge on any atom is -0.497 e. The quantitative estimate of drug-likeness (QED) is 0.592. The Balaban J connectivity index is 1.64. The summed E-state index contributed by atoms with van der Waals surface area (Å²) in [4.78, 5) is 31.6. The van der Waals surface area contributed by atoms with Gasteiger partial charge in [0.05, 0.1) is 19.3 Å². The van der Waals surface area contributed by atoms with E-state index in [-0.39, 0.29) is 17.9 Å². The Kier molecular flexibility index (Phi) is 7.79. The van der Waals surface area contributed by atoms with Crippen molar-refractivity contribution in [2.45, 2.75) is 71.0 Å². The summed E-state index contributed by atoms with van der Waals surface area (Å²) in [6, 6.07) is 9.66. The van der Waals surface area contributed by atoms with Gasteiger partial charge >= 0.3 is 0 Å². The Morgan fingerprint density at radius 1 is 1.17 bits per heavy atom. The number of ether oxygens (including phenoxy) is 1. The zero-order valence-electron chi connectivity index (χ0n) is 21.5. The summed E-state index contributed by atoms with van der Waals surface area (Å²) in [5.74, 6) is 0.546. The minimum absolute atomic E-state index is 0.0792. The molecule has 1 atom stereocenters. The van der Waals surface area contributed by atoms with E-state index in [0.29, 0.717) is 18.8 Å². The summed E-state index contributed by atoms with van der Waals surface area (Å²) in [5, 5.41) is 8.03. The molecule has 190 valence electrons. The number of methoxy groups -OCH3 is 1. The van der Waals surface area contributed by atoms with E-state index in [0.717, 1.165) is 62.3 Å². The van der Waals surface area contributed by atoms with Gasteiger partial charge in [-0.2, -0.15) is 5.10 Å². The van der Waals surface area contributed by atoms with E-state index in [4.69, 9.17) is 9.84 Å². The highest BCUT2D eigenvalue weighted by atomic mass is 16.5. The number of aromatic nitrogens is 2.